The van der Waals surface area contributed by atoms with E-state index in [0.29, 0.717) is 32.0 Å². The van der Waals surface area contributed by atoms with Crippen molar-refractivity contribution >= 4 is 11.8 Å². The SMILES string of the molecule is Cc1cccc(CNC(=O)[C@@H](C2CCCC2)N2CCN(C(=O)Cc3ccccc3)CC2)c1. The molecule has 1 aliphatic heterocycles. The van der Waals surface area contributed by atoms with Gasteiger partial charge in [0.2, 0.25) is 11.8 Å². The number of carbonyl (C=O) groups excluding carboxylic acids is 2. The van der Waals surface area contributed by atoms with E-state index in [0.717, 1.165) is 37.1 Å². The molecule has 5 nitrogen and oxygen atoms in total. The van der Waals surface area contributed by atoms with E-state index in [2.05, 4.69) is 35.3 Å². The number of carbonyl (C=O) groups is 2. The van der Waals surface area contributed by atoms with E-state index in [1.807, 2.05) is 41.3 Å². The van der Waals surface area contributed by atoms with Crippen molar-refractivity contribution in [1.29, 1.82) is 0 Å². The molecule has 1 N–H and O–H groups in total. The fourth-order valence-corrected chi connectivity index (χ4v) is 5.20. The van der Waals surface area contributed by atoms with E-state index in [1.54, 1.807) is 0 Å². The van der Waals surface area contributed by atoms with Crippen LogP contribution in [0.2, 0.25) is 0 Å². The molecule has 32 heavy (non-hydrogen) atoms. The molecule has 170 valence electrons. The number of hydrogen-bond donors (Lipinski definition) is 1. The van der Waals surface area contributed by atoms with Gasteiger partial charge in [0.15, 0.2) is 0 Å². The molecule has 1 saturated carbocycles. The first-order valence-electron chi connectivity index (χ1n) is 12.0. The first-order chi connectivity index (χ1) is 15.6. The first-order valence-corrected chi connectivity index (χ1v) is 12.0. The van der Waals surface area contributed by atoms with Crippen molar-refractivity contribution in [1.82, 2.24) is 15.1 Å². The summed E-state index contributed by atoms with van der Waals surface area (Å²) in [5.41, 5.74) is 3.40. The summed E-state index contributed by atoms with van der Waals surface area (Å²) in [6.45, 7) is 5.56. The number of hydrogen-bond acceptors (Lipinski definition) is 3. The third-order valence-electron chi connectivity index (χ3n) is 6.92. The second-order valence-corrected chi connectivity index (χ2v) is 9.28. The fourth-order valence-electron chi connectivity index (χ4n) is 5.20. The average Bonchev–Trinajstić information content (AvgIpc) is 3.33. The second kappa shape index (κ2) is 10.8. The van der Waals surface area contributed by atoms with Gasteiger partial charge in [-0.1, -0.05) is 73.0 Å². The largest absolute Gasteiger partial charge is 0.351 e. The Bertz CT molecular complexity index is 900. The van der Waals surface area contributed by atoms with Gasteiger partial charge in [0.05, 0.1) is 12.5 Å². The predicted octanol–water partition coefficient (Wildman–Crippen LogP) is 3.56. The average molecular weight is 434 g/mol. The van der Waals surface area contributed by atoms with Crippen molar-refractivity contribution < 1.29 is 9.59 Å². The molecule has 1 aliphatic carbocycles. The molecule has 2 aliphatic rings. The first kappa shape index (κ1) is 22.5. The number of rotatable bonds is 7. The molecule has 0 bridgehead atoms. The van der Waals surface area contributed by atoms with Crippen molar-refractivity contribution in [3.05, 3.63) is 71.3 Å². The van der Waals surface area contributed by atoms with Gasteiger partial charge < -0.3 is 10.2 Å². The molecule has 1 saturated heterocycles. The maximum absolute atomic E-state index is 13.3. The predicted molar refractivity (Wildman–Crippen MR) is 127 cm³/mol. The van der Waals surface area contributed by atoms with Crippen LogP contribution >= 0.6 is 0 Å². The van der Waals surface area contributed by atoms with E-state index in [-0.39, 0.29) is 17.9 Å². The molecule has 2 fully saturated rings. The van der Waals surface area contributed by atoms with Crippen molar-refractivity contribution in [3.8, 4) is 0 Å². The lowest BCUT2D eigenvalue weighted by molar-refractivity contribution is -0.134. The smallest absolute Gasteiger partial charge is 0.237 e. The second-order valence-electron chi connectivity index (χ2n) is 9.28. The summed E-state index contributed by atoms with van der Waals surface area (Å²) in [5.74, 6) is 0.735. The number of amides is 2. The van der Waals surface area contributed by atoms with Gasteiger partial charge in [-0.05, 0) is 36.8 Å². The van der Waals surface area contributed by atoms with E-state index in [1.165, 1.54) is 18.4 Å². The van der Waals surface area contributed by atoms with Crippen LogP contribution in [0.3, 0.4) is 0 Å². The summed E-state index contributed by atoms with van der Waals surface area (Å²) >= 11 is 0. The Kier molecular flexibility index (Phi) is 7.59. The monoisotopic (exact) mass is 433 g/mol. The summed E-state index contributed by atoms with van der Waals surface area (Å²) in [6.07, 6.45) is 5.11. The highest BCUT2D eigenvalue weighted by Crippen LogP contribution is 2.31. The minimum absolute atomic E-state index is 0.0892. The van der Waals surface area contributed by atoms with E-state index in [4.69, 9.17) is 0 Å². The number of piperazine rings is 1. The van der Waals surface area contributed by atoms with Crippen LogP contribution in [0.15, 0.2) is 54.6 Å². The Balaban J connectivity index is 1.35. The number of nitrogens with zero attached hydrogens (tertiary/aromatic N) is 2. The van der Waals surface area contributed by atoms with Crippen molar-refractivity contribution in [2.45, 2.75) is 51.6 Å². The standard InChI is InChI=1S/C27H35N3O2/c1-21-8-7-11-23(18-21)20-28-27(32)26(24-12-5-6-13-24)30-16-14-29(15-17-30)25(31)19-22-9-3-2-4-10-22/h2-4,7-11,18,24,26H,5-6,12-17,19-20H2,1H3,(H,28,32)/t26-/m1/s1. The van der Waals surface area contributed by atoms with Gasteiger partial charge in [0.1, 0.15) is 0 Å². The highest BCUT2D eigenvalue weighted by atomic mass is 16.2. The summed E-state index contributed by atoms with van der Waals surface area (Å²) in [5, 5.41) is 3.21. The van der Waals surface area contributed by atoms with Crippen molar-refractivity contribution in [3.63, 3.8) is 0 Å². The Morgan fingerprint density at radius 1 is 0.938 bits per heavy atom. The highest BCUT2D eigenvalue weighted by molar-refractivity contribution is 5.82. The van der Waals surface area contributed by atoms with Gasteiger partial charge in [-0.3, -0.25) is 14.5 Å². The Hall–Kier alpha value is -2.66. The number of nitrogens with one attached hydrogen (secondary N) is 1. The van der Waals surface area contributed by atoms with Crippen LogP contribution in [-0.4, -0.2) is 53.8 Å². The van der Waals surface area contributed by atoms with Crippen LogP contribution < -0.4 is 5.32 Å². The lowest BCUT2D eigenvalue weighted by Crippen LogP contribution is -2.58. The maximum Gasteiger partial charge on any atom is 0.237 e. The maximum atomic E-state index is 13.3. The number of benzene rings is 2. The topological polar surface area (TPSA) is 52.7 Å². The molecule has 0 radical (unpaired) electrons. The molecule has 5 heteroatoms. The highest BCUT2D eigenvalue weighted by Gasteiger charge is 2.37. The molecule has 0 aromatic heterocycles. The quantitative estimate of drug-likeness (QED) is 0.727. The van der Waals surface area contributed by atoms with Gasteiger partial charge >= 0.3 is 0 Å². The van der Waals surface area contributed by atoms with Crippen LogP contribution in [0.25, 0.3) is 0 Å². The molecule has 1 heterocycles. The Labute approximate surface area is 191 Å². The van der Waals surface area contributed by atoms with Gasteiger partial charge in [-0.15, -0.1) is 0 Å². The molecular formula is C27H35N3O2. The van der Waals surface area contributed by atoms with Crippen LogP contribution in [-0.2, 0) is 22.6 Å². The minimum Gasteiger partial charge on any atom is -0.351 e. The fraction of sp³-hybridized carbons (Fsp3) is 0.481. The molecular weight excluding hydrogens is 398 g/mol. The molecule has 1 atom stereocenters. The van der Waals surface area contributed by atoms with Crippen molar-refractivity contribution in [2.75, 3.05) is 26.2 Å². The van der Waals surface area contributed by atoms with E-state index >= 15 is 0 Å². The molecule has 4 rings (SSSR count). The molecule has 2 aromatic carbocycles. The van der Waals surface area contributed by atoms with Gasteiger partial charge in [0.25, 0.3) is 0 Å². The zero-order valence-electron chi connectivity index (χ0n) is 19.1. The Morgan fingerprint density at radius 3 is 2.31 bits per heavy atom. The van der Waals surface area contributed by atoms with E-state index in [9.17, 15) is 9.59 Å². The summed E-state index contributed by atoms with van der Waals surface area (Å²) < 4.78 is 0. The summed E-state index contributed by atoms with van der Waals surface area (Å²) in [6, 6.07) is 18.1. The van der Waals surface area contributed by atoms with Crippen LogP contribution in [0.1, 0.15) is 42.4 Å². The van der Waals surface area contributed by atoms with Gasteiger partial charge in [0, 0.05) is 32.7 Å². The summed E-state index contributed by atoms with van der Waals surface area (Å²) in [4.78, 5) is 30.3. The van der Waals surface area contributed by atoms with E-state index < -0.39 is 0 Å². The normalized spacial score (nSPS) is 18.5. The molecule has 0 spiro atoms. The van der Waals surface area contributed by atoms with Crippen molar-refractivity contribution in [2.24, 2.45) is 5.92 Å². The van der Waals surface area contributed by atoms with Crippen LogP contribution in [0, 0.1) is 12.8 Å². The van der Waals surface area contributed by atoms with Crippen LogP contribution in [0.5, 0.6) is 0 Å². The van der Waals surface area contributed by atoms with Gasteiger partial charge in [-0.2, -0.15) is 0 Å². The van der Waals surface area contributed by atoms with Gasteiger partial charge in [-0.25, -0.2) is 0 Å². The molecule has 2 amide bonds. The zero-order chi connectivity index (χ0) is 22.3. The third-order valence-corrected chi connectivity index (χ3v) is 6.92. The minimum atomic E-state index is -0.0892. The zero-order valence-corrected chi connectivity index (χ0v) is 19.1. The molecule has 2 aromatic rings. The summed E-state index contributed by atoms with van der Waals surface area (Å²) in [7, 11) is 0. The molecule has 0 unspecified atom stereocenters. The third kappa shape index (κ3) is 5.77. The Morgan fingerprint density at radius 2 is 1.62 bits per heavy atom. The van der Waals surface area contributed by atoms with Crippen LogP contribution in [0.4, 0.5) is 0 Å². The lowest BCUT2D eigenvalue weighted by Gasteiger charge is -2.40. The number of aryl methyl sites for hydroxylation is 1. The lowest BCUT2D eigenvalue weighted by atomic mass is 9.94.